The lowest BCUT2D eigenvalue weighted by Gasteiger charge is -2.03. The Bertz CT molecular complexity index is 280. The maximum Gasteiger partial charge on any atom is 0.489 e. The molecule has 1 rings (SSSR count). The number of benzene rings is 1. The van der Waals surface area contributed by atoms with E-state index in [0.29, 0.717) is 15.8 Å². The van der Waals surface area contributed by atoms with Gasteiger partial charge in [-0.05, 0) is 11.6 Å². The van der Waals surface area contributed by atoms with Crippen molar-refractivity contribution >= 4 is 40.1 Å². The van der Waals surface area contributed by atoms with Gasteiger partial charge in [0, 0.05) is 15.8 Å². The van der Waals surface area contributed by atoms with Crippen molar-refractivity contribution in [2.45, 2.75) is 5.33 Å². The van der Waals surface area contributed by atoms with Crippen LogP contribution in [0.3, 0.4) is 0 Å². The fourth-order valence-corrected chi connectivity index (χ4v) is 1.51. The van der Waals surface area contributed by atoms with Crippen LogP contribution in [0.4, 0.5) is 0 Å². The molecular weight excluding hydrogens is 242 g/mol. The summed E-state index contributed by atoms with van der Waals surface area (Å²) in [5.74, 6) is 0. The summed E-state index contributed by atoms with van der Waals surface area (Å²) in [6, 6.07) is 5.09. The van der Waals surface area contributed by atoms with Crippen LogP contribution in [0.15, 0.2) is 18.2 Å². The van der Waals surface area contributed by atoms with Gasteiger partial charge < -0.3 is 10.0 Å². The van der Waals surface area contributed by atoms with Crippen LogP contribution in [-0.2, 0) is 5.33 Å². The molecule has 0 spiro atoms. The summed E-state index contributed by atoms with van der Waals surface area (Å²) >= 11 is 9.03. The van der Waals surface area contributed by atoms with Crippen LogP contribution >= 0.6 is 27.5 Å². The number of hydrogen-bond acceptors (Lipinski definition) is 2. The minimum atomic E-state index is -1.50. The molecule has 0 atom stereocenters. The van der Waals surface area contributed by atoms with E-state index in [-0.39, 0.29) is 0 Å². The summed E-state index contributed by atoms with van der Waals surface area (Å²) in [4.78, 5) is 0. The Morgan fingerprint density at radius 1 is 1.42 bits per heavy atom. The van der Waals surface area contributed by atoms with Gasteiger partial charge in [0.2, 0.25) is 0 Å². The van der Waals surface area contributed by atoms with Crippen molar-refractivity contribution in [3.63, 3.8) is 0 Å². The smallest absolute Gasteiger partial charge is 0.423 e. The molecule has 2 N–H and O–H groups in total. The van der Waals surface area contributed by atoms with Gasteiger partial charge in [0.15, 0.2) is 0 Å². The Labute approximate surface area is 84.4 Å². The molecule has 2 nitrogen and oxygen atoms in total. The molecule has 0 aliphatic heterocycles. The van der Waals surface area contributed by atoms with Crippen LogP contribution in [0.1, 0.15) is 5.56 Å². The monoisotopic (exact) mass is 248 g/mol. The van der Waals surface area contributed by atoms with Gasteiger partial charge in [-0.3, -0.25) is 0 Å². The summed E-state index contributed by atoms with van der Waals surface area (Å²) in [5, 5.41) is 18.7. The van der Waals surface area contributed by atoms with E-state index in [1.165, 1.54) is 0 Å². The molecule has 1 aromatic carbocycles. The van der Waals surface area contributed by atoms with Crippen molar-refractivity contribution in [1.82, 2.24) is 0 Å². The first-order valence-electron chi connectivity index (χ1n) is 3.35. The quantitative estimate of drug-likeness (QED) is 0.604. The zero-order chi connectivity index (χ0) is 9.14. The molecule has 0 saturated heterocycles. The zero-order valence-corrected chi connectivity index (χ0v) is 8.51. The summed E-state index contributed by atoms with van der Waals surface area (Å²) in [7, 11) is -1.50. The highest BCUT2D eigenvalue weighted by Crippen LogP contribution is 2.11. The third-order valence-corrected chi connectivity index (χ3v) is 2.47. The second-order valence-corrected chi connectivity index (χ2v) is 3.33. The molecule has 0 fully saturated rings. The highest BCUT2D eigenvalue weighted by molar-refractivity contribution is 9.08. The third kappa shape index (κ3) is 2.23. The van der Waals surface area contributed by atoms with Crippen molar-refractivity contribution in [3.05, 3.63) is 28.8 Å². The van der Waals surface area contributed by atoms with Crippen LogP contribution in [-0.4, -0.2) is 17.2 Å². The number of rotatable bonds is 2. The van der Waals surface area contributed by atoms with Gasteiger partial charge in [-0.1, -0.05) is 39.7 Å². The molecule has 0 aromatic heterocycles. The molecule has 0 bridgehead atoms. The van der Waals surface area contributed by atoms with Gasteiger partial charge >= 0.3 is 7.12 Å². The average molecular weight is 249 g/mol. The lowest BCUT2D eigenvalue weighted by molar-refractivity contribution is 0.426. The highest BCUT2D eigenvalue weighted by Gasteiger charge is 2.14. The standard InChI is InChI=1S/C7H7BBrClO2/c9-4-5-1-2-6(8(11)12)7(10)3-5/h1-3,11-12H,4H2. The van der Waals surface area contributed by atoms with Crippen molar-refractivity contribution < 1.29 is 10.0 Å². The van der Waals surface area contributed by atoms with Crippen molar-refractivity contribution in [1.29, 1.82) is 0 Å². The third-order valence-electron chi connectivity index (χ3n) is 1.50. The maximum atomic E-state index is 8.83. The Hall–Kier alpha value is -0.0251. The van der Waals surface area contributed by atoms with E-state index in [0.717, 1.165) is 5.56 Å². The summed E-state index contributed by atoms with van der Waals surface area (Å²) in [6.07, 6.45) is 0. The highest BCUT2D eigenvalue weighted by atomic mass is 79.9. The Kier molecular flexibility index (Phi) is 3.59. The number of hydrogen-bond donors (Lipinski definition) is 2. The molecule has 0 radical (unpaired) electrons. The van der Waals surface area contributed by atoms with E-state index in [1.54, 1.807) is 18.2 Å². The van der Waals surface area contributed by atoms with Gasteiger partial charge in [0.05, 0.1) is 0 Å². The van der Waals surface area contributed by atoms with E-state index in [9.17, 15) is 0 Å². The minimum Gasteiger partial charge on any atom is -0.423 e. The van der Waals surface area contributed by atoms with Crippen LogP contribution in [0.5, 0.6) is 0 Å². The first-order valence-corrected chi connectivity index (χ1v) is 4.85. The largest absolute Gasteiger partial charge is 0.489 e. The second kappa shape index (κ2) is 4.28. The molecule has 0 saturated carbocycles. The summed E-state index contributed by atoms with van der Waals surface area (Å²) in [6.45, 7) is 0. The van der Waals surface area contributed by atoms with Crippen molar-refractivity contribution in [2.24, 2.45) is 0 Å². The van der Waals surface area contributed by atoms with Crippen LogP contribution in [0.2, 0.25) is 5.02 Å². The Morgan fingerprint density at radius 3 is 2.50 bits per heavy atom. The summed E-state index contributed by atoms with van der Waals surface area (Å²) < 4.78 is 0. The number of alkyl halides is 1. The number of halogens is 2. The first-order chi connectivity index (χ1) is 5.65. The fourth-order valence-electron chi connectivity index (χ4n) is 0.863. The van der Waals surface area contributed by atoms with E-state index in [4.69, 9.17) is 21.6 Å². The predicted molar refractivity (Wildman–Crippen MR) is 53.9 cm³/mol. The van der Waals surface area contributed by atoms with E-state index >= 15 is 0 Å². The molecule has 12 heavy (non-hydrogen) atoms. The SMILES string of the molecule is OB(O)c1ccc(CBr)cc1Cl. The molecule has 0 aliphatic carbocycles. The van der Waals surface area contributed by atoms with E-state index < -0.39 is 7.12 Å². The minimum absolute atomic E-state index is 0.335. The molecule has 64 valence electrons. The normalized spacial score (nSPS) is 10.0. The first kappa shape index (κ1) is 10.1. The zero-order valence-electron chi connectivity index (χ0n) is 6.17. The molecule has 0 amide bonds. The van der Waals surface area contributed by atoms with Gasteiger partial charge in [0.1, 0.15) is 0 Å². The fraction of sp³-hybridized carbons (Fsp3) is 0.143. The van der Waals surface area contributed by atoms with Gasteiger partial charge in [-0.2, -0.15) is 0 Å². The average Bonchev–Trinajstić information content (AvgIpc) is 2.03. The molecule has 0 heterocycles. The van der Waals surface area contributed by atoms with Crippen molar-refractivity contribution in [2.75, 3.05) is 0 Å². The van der Waals surface area contributed by atoms with Crippen LogP contribution in [0.25, 0.3) is 0 Å². The van der Waals surface area contributed by atoms with Gasteiger partial charge in [-0.25, -0.2) is 0 Å². The van der Waals surface area contributed by atoms with Crippen LogP contribution < -0.4 is 5.46 Å². The lowest BCUT2D eigenvalue weighted by atomic mass is 9.80. The molecule has 0 unspecified atom stereocenters. The van der Waals surface area contributed by atoms with Gasteiger partial charge in [0.25, 0.3) is 0 Å². The molecule has 1 aromatic rings. The van der Waals surface area contributed by atoms with Gasteiger partial charge in [-0.15, -0.1) is 0 Å². The topological polar surface area (TPSA) is 40.5 Å². The Balaban J connectivity index is 3.03. The predicted octanol–water partition coefficient (Wildman–Crippen LogP) is 0.915. The van der Waals surface area contributed by atoms with E-state index in [1.807, 2.05) is 0 Å². The maximum absolute atomic E-state index is 8.83. The van der Waals surface area contributed by atoms with E-state index in [2.05, 4.69) is 15.9 Å². The van der Waals surface area contributed by atoms with Crippen molar-refractivity contribution in [3.8, 4) is 0 Å². The summed E-state index contributed by atoms with van der Waals surface area (Å²) in [5.41, 5.74) is 1.34. The molecule has 5 heteroatoms. The van der Waals surface area contributed by atoms with Crippen LogP contribution in [0, 0.1) is 0 Å². The molecular formula is C7H7BBrClO2. The lowest BCUT2D eigenvalue weighted by Crippen LogP contribution is -2.30. The second-order valence-electron chi connectivity index (χ2n) is 2.36. The Morgan fingerprint density at radius 2 is 2.08 bits per heavy atom. The molecule has 0 aliphatic rings.